The van der Waals surface area contributed by atoms with E-state index >= 15 is 0 Å². The van der Waals surface area contributed by atoms with Gasteiger partial charge in [0, 0.05) is 32.6 Å². The molecule has 0 atom stereocenters. The molecule has 1 saturated heterocycles. The van der Waals surface area contributed by atoms with Crippen molar-refractivity contribution in [2.24, 2.45) is 11.8 Å². The Hall–Kier alpha value is -1.53. The van der Waals surface area contributed by atoms with Gasteiger partial charge >= 0.3 is 11.9 Å². The zero-order chi connectivity index (χ0) is 13.7. The SMILES string of the molecule is CC1(C)OC(=O)C(C(=O)C2CC(F)(F)C2)C(=O)O1. The van der Waals surface area contributed by atoms with Gasteiger partial charge < -0.3 is 9.47 Å². The molecule has 5 nitrogen and oxygen atoms in total. The van der Waals surface area contributed by atoms with Crippen LogP contribution in [0.3, 0.4) is 0 Å². The summed E-state index contributed by atoms with van der Waals surface area (Å²) in [5.41, 5.74) is 0. The molecule has 1 aliphatic carbocycles. The second kappa shape index (κ2) is 3.73. The summed E-state index contributed by atoms with van der Waals surface area (Å²) in [4.78, 5) is 34.8. The van der Waals surface area contributed by atoms with Crippen molar-refractivity contribution < 1.29 is 32.6 Å². The van der Waals surface area contributed by atoms with Crippen molar-refractivity contribution in [2.45, 2.75) is 38.4 Å². The Balaban J connectivity index is 2.08. The summed E-state index contributed by atoms with van der Waals surface area (Å²) in [7, 11) is 0. The van der Waals surface area contributed by atoms with Crippen LogP contribution in [0.1, 0.15) is 26.7 Å². The predicted octanol–water partition coefficient (Wildman–Crippen LogP) is 1.05. The van der Waals surface area contributed by atoms with Crippen LogP contribution < -0.4 is 0 Å². The van der Waals surface area contributed by atoms with E-state index in [0.29, 0.717) is 0 Å². The normalized spacial score (nSPS) is 27.1. The number of rotatable bonds is 2. The van der Waals surface area contributed by atoms with Gasteiger partial charge in [0.2, 0.25) is 11.8 Å². The van der Waals surface area contributed by atoms with Crippen molar-refractivity contribution >= 4 is 17.7 Å². The van der Waals surface area contributed by atoms with Gasteiger partial charge in [0.05, 0.1) is 0 Å². The Morgan fingerprint density at radius 2 is 1.61 bits per heavy atom. The molecule has 100 valence electrons. The number of alkyl halides is 2. The van der Waals surface area contributed by atoms with Crippen LogP contribution in [0.15, 0.2) is 0 Å². The maximum Gasteiger partial charge on any atom is 0.331 e. The van der Waals surface area contributed by atoms with Crippen LogP contribution in [-0.4, -0.2) is 29.4 Å². The molecule has 0 N–H and O–H groups in total. The van der Waals surface area contributed by atoms with E-state index in [1.807, 2.05) is 0 Å². The molecule has 1 saturated carbocycles. The molecule has 7 heteroatoms. The van der Waals surface area contributed by atoms with Crippen molar-refractivity contribution in [3.05, 3.63) is 0 Å². The van der Waals surface area contributed by atoms with Crippen LogP contribution in [0.25, 0.3) is 0 Å². The minimum absolute atomic E-state index is 0.633. The number of esters is 2. The van der Waals surface area contributed by atoms with E-state index in [4.69, 9.17) is 9.47 Å². The fraction of sp³-hybridized carbons (Fsp3) is 0.727. The van der Waals surface area contributed by atoms with E-state index in [-0.39, 0.29) is 0 Å². The van der Waals surface area contributed by atoms with Gasteiger partial charge in [-0.2, -0.15) is 0 Å². The number of halogens is 2. The van der Waals surface area contributed by atoms with Gasteiger partial charge in [0.1, 0.15) is 0 Å². The number of Topliss-reactive ketones (excluding diaryl/α,β-unsaturated/α-hetero) is 1. The predicted molar refractivity (Wildman–Crippen MR) is 52.4 cm³/mol. The van der Waals surface area contributed by atoms with E-state index in [0.717, 1.165) is 0 Å². The fourth-order valence-electron chi connectivity index (χ4n) is 2.05. The molecule has 0 aromatic heterocycles. The second-order valence-corrected chi connectivity index (χ2v) is 5.04. The smallest absolute Gasteiger partial charge is 0.331 e. The monoisotopic (exact) mass is 262 g/mol. The van der Waals surface area contributed by atoms with Crippen molar-refractivity contribution in [1.29, 1.82) is 0 Å². The third-order valence-corrected chi connectivity index (χ3v) is 2.94. The van der Waals surface area contributed by atoms with Crippen molar-refractivity contribution in [3.63, 3.8) is 0 Å². The van der Waals surface area contributed by atoms with Gasteiger partial charge in [-0.25, -0.2) is 8.78 Å². The van der Waals surface area contributed by atoms with Gasteiger partial charge in [0.25, 0.3) is 5.79 Å². The lowest BCUT2D eigenvalue weighted by Gasteiger charge is -2.37. The summed E-state index contributed by atoms with van der Waals surface area (Å²) in [5, 5.41) is 0. The maximum absolute atomic E-state index is 12.6. The van der Waals surface area contributed by atoms with Crippen molar-refractivity contribution in [2.75, 3.05) is 0 Å². The Morgan fingerprint density at radius 3 is 2.00 bits per heavy atom. The summed E-state index contributed by atoms with van der Waals surface area (Å²) < 4.78 is 34.8. The van der Waals surface area contributed by atoms with Crippen LogP contribution in [0.4, 0.5) is 8.78 Å². The van der Waals surface area contributed by atoms with Gasteiger partial charge in [-0.3, -0.25) is 14.4 Å². The lowest BCUT2D eigenvalue weighted by molar-refractivity contribution is -0.239. The maximum atomic E-state index is 12.6. The molecular weight excluding hydrogens is 250 g/mol. The van der Waals surface area contributed by atoms with Gasteiger partial charge in [0.15, 0.2) is 5.78 Å². The summed E-state index contributed by atoms with van der Waals surface area (Å²) >= 11 is 0. The Morgan fingerprint density at radius 1 is 1.17 bits per heavy atom. The molecule has 0 bridgehead atoms. The van der Waals surface area contributed by atoms with Gasteiger partial charge in [-0.15, -0.1) is 0 Å². The number of cyclic esters (lactones) is 2. The minimum atomic E-state index is -2.89. The van der Waals surface area contributed by atoms with Gasteiger partial charge in [-0.1, -0.05) is 0 Å². The molecule has 1 heterocycles. The highest BCUT2D eigenvalue weighted by Gasteiger charge is 2.55. The van der Waals surface area contributed by atoms with E-state index in [2.05, 4.69) is 0 Å². The standard InChI is InChI=1S/C11H12F2O5/c1-10(2)17-8(15)6(9(16)18-10)7(14)5-3-11(12,13)4-5/h5-6H,3-4H2,1-2H3. The third kappa shape index (κ3) is 2.21. The number of ketones is 1. The summed E-state index contributed by atoms with van der Waals surface area (Å²) in [6.45, 7) is 2.70. The first-order valence-electron chi connectivity index (χ1n) is 5.49. The first-order chi connectivity index (χ1) is 8.11. The molecule has 0 spiro atoms. The van der Waals surface area contributed by atoms with Gasteiger partial charge in [-0.05, 0) is 0 Å². The molecule has 2 rings (SSSR count). The zero-order valence-corrected chi connectivity index (χ0v) is 9.87. The Labute approximate surface area is 101 Å². The van der Waals surface area contributed by atoms with Crippen molar-refractivity contribution in [3.8, 4) is 0 Å². The number of carbonyl (C=O) groups excluding carboxylic acids is 3. The van der Waals surface area contributed by atoms with Crippen LogP contribution >= 0.6 is 0 Å². The lowest BCUT2D eigenvalue weighted by atomic mass is 9.75. The van der Waals surface area contributed by atoms with E-state index in [9.17, 15) is 23.2 Å². The summed E-state index contributed by atoms with van der Waals surface area (Å²) in [6.07, 6.45) is -1.27. The largest absolute Gasteiger partial charge is 0.422 e. The average Bonchev–Trinajstić information content (AvgIpc) is 2.09. The summed E-state index contributed by atoms with van der Waals surface area (Å²) in [5.74, 6) is -9.92. The Kier molecular flexibility index (Phi) is 2.68. The van der Waals surface area contributed by atoms with E-state index in [1.165, 1.54) is 13.8 Å². The molecule has 0 radical (unpaired) electrons. The molecule has 0 aromatic carbocycles. The first kappa shape index (κ1) is 12.9. The molecule has 2 fully saturated rings. The quantitative estimate of drug-likeness (QED) is 0.549. The van der Waals surface area contributed by atoms with Crippen molar-refractivity contribution in [1.82, 2.24) is 0 Å². The van der Waals surface area contributed by atoms with E-state index in [1.54, 1.807) is 0 Å². The van der Waals surface area contributed by atoms with Crippen LogP contribution in [-0.2, 0) is 23.9 Å². The molecule has 1 aliphatic heterocycles. The summed E-state index contributed by atoms with van der Waals surface area (Å²) in [6, 6.07) is 0. The van der Waals surface area contributed by atoms with Crippen LogP contribution in [0, 0.1) is 11.8 Å². The average molecular weight is 262 g/mol. The lowest BCUT2D eigenvalue weighted by Crippen LogP contribution is -2.53. The number of hydrogen-bond acceptors (Lipinski definition) is 5. The zero-order valence-electron chi connectivity index (χ0n) is 9.87. The molecule has 0 unspecified atom stereocenters. The molecule has 0 aromatic rings. The molecular formula is C11H12F2O5. The number of hydrogen-bond donors (Lipinski definition) is 0. The number of ether oxygens (including phenoxy) is 2. The highest BCUT2D eigenvalue weighted by Crippen LogP contribution is 2.44. The highest BCUT2D eigenvalue weighted by atomic mass is 19.3. The van der Waals surface area contributed by atoms with Crippen LogP contribution in [0.2, 0.25) is 0 Å². The van der Waals surface area contributed by atoms with E-state index < -0.39 is 54.1 Å². The second-order valence-electron chi connectivity index (χ2n) is 5.04. The highest BCUT2D eigenvalue weighted by molar-refractivity contribution is 6.16. The minimum Gasteiger partial charge on any atom is -0.422 e. The number of carbonyl (C=O) groups is 3. The molecule has 18 heavy (non-hydrogen) atoms. The topological polar surface area (TPSA) is 69.7 Å². The molecule has 2 aliphatic rings. The first-order valence-corrected chi connectivity index (χ1v) is 5.49. The molecule has 0 amide bonds. The Bertz CT molecular complexity index is 401. The fourth-order valence-corrected chi connectivity index (χ4v) is 2.05. The third-order valence-electron chi connectivity index (χ3n) is 2.94. The van der Waals surface area contributed by atoms with Crippen LogP contribution in [0.5, 0.6) is 0 Å².